The van der Waals surface area contributed by atoms with E-state index in [0.29, 0.717) is 12.0 Å². The zero-order valence-electron chi connectivity index (χ0n) is 13.3. The summed E-state index contributed by atoms with van der Waals surface area (Å²) in [5.74, 6) is 1.56. The molecule has 3 rings (SSSR count). The molecule has 1 aromatic carbocycles. The molecule has 0 amide bonds. The minimum Gasteiger partial charge on any atom is -0.493 e. The normalized spacial score (nSPS) is 24.8. The molecule has 0 radical (unpaired) electrons. The van der Waals surface area contributed by atoms with Gasteiger partial charge in [0.2, 0.25) is 0 Å². The van der Waals surface area contributed by atoms with E-state index in [1.54, 1.807) is 13.2 Å². The number of nitrogens with zero attached hydrogens (tertiary/aromatic N) is 1. The lowest BCUT2D eigenvalue weighted by Gasteiger charge is -2.22. The van der Waals surface area contributed by atoms with Gasteiger partial charge in [0.15, 0.2) is 11.5 Å². The van der Waals surface area contributed by atoms with Crippen molar-refractivity contribution in [2.75, 3.05) is 40.0 Å². The number of likely N-dealkylation sites (tertiary alicyclic amines) is 1. The predicted molar refractivity (Wildman–Crippen MR) is 86.4 cm³/mol. The van der Waals surface area contributed by atoms with Gasteiger partial charge in [0.1, 0.15) is 6.61 Å². The van der Waals surface area contributed by atoms with E-state index in [0.717, 1.165) is 44.3 Å². The molecular formula is C18H25NO3. The molecule has 2 aliphatic heterocycles. The highest BCUT2D eigenvalue weighted by Gasteiger charge is 2.40. The summed E-state index contributed by atoms with van der Waals surface area (Å²) in [6, 6.07) is 6.19. The second-order valence-corrected chi connectivity index (χ2v) is 6.35. The third kappa shape index (κ3) is 3.28. The van der Waals surface area contributed by atoms with Crippen molar-refractivity contribution in [2.45, 2.75) is 19.4 Å². The molecular weight excluding hydrogens is 278 g/mol. The van der Waals surface area contributed by atoms with Gasteiger partial charge in [-0.1, -0.05) is 18.7 Å². The number of hydrogen-bond donors (Lipinski definition) is 0. The third-order valence-corrected chi connectivity index (χ3v) is 4.69. The van der Waals surface area contributed by atoms with Crippen LogP contribution in [0.15, 0.2) is 30.9 Å². The lowest BCUT2D eigenvalue weighted by atomic mass is 9.87. The summed E-state index contributed by atoms with van der Waals surface area (Å²) in [7, 11) is 1.68. The van der Waals surface area contributed by atoms with E-state index in [2.05, 4.69) is 23.6 Å². The Kier molecular flexibility index (Phi) is 4.69. The van der Waals surface area contributed by atoms with E-state index < -0.39 is 0 Å². The van der Waals surface area contributed by atoms with Gasteiger partial charge in [0.05, 0.1) is 13.7 Å². The molecule has 2 heterocycles. The quantitative estimate of drug-likeness (QED) is 0.756. The number of hydrogen-bond acceptors (Lipinski definition) is 4. The number of rotatable bonds is 6. The van der Waals surface area contributed by atoms with Crippen molar-refractivity contribution in [2.24, 2.45) is 5.41 Å². The van der Waals surface area contributed by atoms with Crippen molar-refractivity contribution in [3.63, 3.8) is 0 Å². The molecule has 120 valence electrons. The van der Waals surface area contributed by atoms with E-state index in [1.165, 1.54) is 18.4 Å². The van der Waals surface area contributed by atoms with Gasteiger partial charge in [0, 0.05) is 25.1 Å². The standard InChI is InChI=1S/C18H25NO3/c1-3-9-22-16-5-4-15(11-17(16)20-2)12-19-8-6-18(13-19)7-10-21-14-18/h3-5,11H,1,6-10,12-14H2,2H3. The van der Waals surface area contributed by atoms with Crippen molar-refractivity contribution < 1.29 is 14.2 Å². The van der Waals surface area contributed by atoms with E-state index in [-0.39, 0.29) is 0 Å². The zero-order chi connectivity index (χ0) is 15.4. The molecule has 2 aliphatic rings. The Morgan fingerprint density at radius 3 is 3.00 bits per heavy atom. The number of benzene rings is 1. The first-order valence-corrected chi connectivity index (χ1v) is 7.95. The van der Waals surface area contributed by atoms with E-state index >= 15 is 0 Å². The van der Waals surface area contributed by atoms with Crippen LogP contribution >= 0.6 is 0 Å². The monoisotopic (exact) mass is 303 g/mol. The summed E-state index contributed by atoms with van der Waals surface area (Å²) in [4.78, 5) is 2.52. The fraction of sp³-hybridized carbons (Fsp3) is 0.556. The molecule has 1 atom stereocenters. The topological polar surface area (TPSA) is 30.9 Å². The molecule has 0 saturated carbocycles. The van der Waals surface area contributed by atoms with Crippen LogP contribution in [0.1, 0.15) is 18.4 Å². The maximum absolute atomic E-state index is 5.61. The Bertz CT molecular complexity index is 523. The minimum absolute atomic E-state index is 0.414. The first kappa shape index (κ1) is 15.4. The van der Waals surface area contributed by atoms with Crippen LogP contribution in [0.3, 0.4) is 0 Å². The van der Waals surface area contributed by atoms with Crippen LogP contribution in [0.4, 0.5) is 0 Å². The molecule has 0 aromatic heterocycles. The fourth-order valence-corrected chi connectivity index (χ4v) is 3.47. The Labute approximate surface area is 132 Å². The molecule has 2 fully saturated rings. The van der Waals surface area contributed by atoms with E-state index in [4.69, 9.17) is 14.2 Å². The molecule has 0 bridgehead atoms. The van der Waals surface area contributed by atoms with Gasteiger partial charge in [-0.2, -0.15) is 0 Å². The number of ether oxygens (including phenoxy) is 3. The Hall–Kier alpha value is -1.52. The molecule has 1 unspecified atom stereocenters. The lowest BCUT2D eigenvalue weighted by molar-refractivity contribution is 0.151. The van der Waals surface area contributed by atoms with Crippen LogP contribution in [-0.4, -0.2) is 44.9 Å². The first-order valence-electron chi connectivity index (χ1n) is 7.95. The van der Waals surface area contributed by atoms with Crippen LogP contribution in [0.2, 0.25) is 0 Å². The molecule has 0 N–H and O–H groups in total. The SMILES string of the molecule is C=CCOc1ccc(CN2CCC3(CCOC3)C2)cc1OC. The van der Waals surface area contributed by atoms with Crippen molar-refractivity contribution in [3.8, 4) is 11.5 Å². The molecule has 1 spiro atoms. The van der Waals surface area contributed by atoms with Gasteiger partial charge >= 0.3 is 0 Å². The van der Waals surface area contributed by atoms with Gasteiger partial charge < -0.3 is 14.2 Å². The Balaban J connectivity index is 1.64. The van der Waals surface area contributed by atoms with Crippen LogP contribution < -0.4 is 9.47 Å². The van der Waals surface area contributed by atoms with Gasteiger partial charge in [-0.25, -0.2) is 0 Å². The molecule has 4 heteroatoms. The predicted octanol–water partition coefficient (Wildman–Crippen LogP) is 2.87. The van der Waals surface area contributed by atoms with Gasteiger partial charge in [-0.15, -0.1) is 0 Å². The summed E-state index contributed by atoms with van der Waals surface area (Å²) >= 11 is 0. The third-order valence-electron chi connectivity index (χ3n) is 4.69. The largest absolute Gasteiger partial charge is 0.493 e. The smallest absolute Gasteiger partial charge is 0.161 e. The average molecular weight is 303 g/mol. The summed E-state index contributed by atoms with van der Waals surface area (Å²) in [6.07, 6.45) is 4.20. The van der Waals surface area contributed by atoms with Gasteiger partial charge in [-0.3, -0.25) is 4.90 Å². The second kappa shape index (κ2) is 6.71. The van der Waals surface area contributed by atoms with Crippen molar-refractivity contribution in [1.29, 1.82) is 0 Å². The summed E-state index contributed by atoms with van der Waals surface area (Å²) < 4.78 is 16.6. The second-order valence-electron chi connectivity index (χ2n) is 6.35. The van der Waals surface area contributed by atoms with E-state index in [9.17, 15) is 0 Å². The van der Waals surface area contributed by atoms with Crippen LogP contribution in [0.25, 0.3) is 0 Å². The molecule has 0 aliphatic carbocycles. The molecule has 22 heavy (non-hydrogen) atoms. The highest BCUT2D eigenvalue weighted by molar-refractivity contribution is 5.43. The maximum atomic E-state index is 5.61. The highest BCUT2D eigenvalue weighted by Crippen LogP contribution is 2.39. The van der Waals surface area contributed by atoms with Crippen LogP contribution in [0.5, 0.6) is 11.5 Å². The van der Waals surface area contributed by atoms with Crippen molar-refractivity contribution >= 4 is 0 Å². The Morgan fingerprint density at radius 2 is 2.27 bits per heavy atom. The Morgan fingerprint density at radius 1 is 1.36 bits per heavy atom. The van der Waals surface area contributed by atoms with Crippen molar-refractivity contribution in [3.05, 3.63) is 36.4 Å². The summed E-state index contributed by atoms with van der Waals surface area (Å²) in [5.41, 5.74) is 1.68. The van der Waals surface area contributed by atoms with Gasteiger partial charge in [-0.05, 0) is 37.1 Å². The molecule has 1 aromatic rings. The lowest BCUT2D eigenvalue weighted by Crippen LogP contribution is -2.27. The maximum Gasteiger partial charge on any atom is 0.161 e. The molecule has 4 nitrogen and oxygen atoms in total. The highest BCUT2D eigenvalue weighted by atomic mass is 16.5. The first-order chi connectivity index (χ1) is 10.7. The average Bonchev–Trinajstić information content (AvgIpc) is 3.16. The minimum atomic E-state index is 0.414. The fourth-order valence-electron chi connectivity index (χ4n) is 3.47. The summed E-state index contributed by atoms with van der Waals surface area (Å²) in [5, 5.41) is 0. The van der Waals surface area contributed by atoms with E-state index in [1.807, 2.05) is 6.07 Å². The van der Waals surface area contributed by atoms with Crippen LogP contribution in [-0.2, 0) is 11.3 Å². The van der Waals surface area contributed by atoms with Crippen molar-refractivity contribution in [1.82, 2.24) is 4.90 Å². The zero-order valence-corrected chi connectivity index (χ0v) is 13.3. The summed E-state index contributed by atoms with van der Waals surface area (Å²) in [6.45, 7) is 9.27. The van der Waals surface area contributed by atoms with Gasteiger partial charge in [0.25, 0.3) is 0 Å². The van der Waals surface area contributed by atoms with Crippen LogP contribution in [0, 0.1) is 5.41 Å². The molecule has 2 saturated heterocycles. The number of methoxy groups -OCH3 is 1.